The smallest absolute Gasteiger partial charge is 0.312 e. The van der Waals surface area contributed by atoms with Crippen LogP contribution in [0.25, 0.3) is 0 Å². The fourth-order valence-corrected chi connectivity index (χ4v) is 3.87. The Balaban J connectivity index is 1.68. The second-order valence-corrected chi connectivity index (χ2v) is 8.12. The van der Waals surface area contributed by atoms with Gasteiger partial charge in [-0.2, -0.15) is 0 Å². The van der Waals surface area contributed by atoms with Crippen LogP contribution in [-0.4, -0.2) is 57.0 Å². The normalized spacial score (nSPS) is 19.7. The standard InChI is InChI=1S/C20H21F5N6O3/c1-9-11(17(32)27-10-5-12(21)16(25)13(22)6-10)3-4-31(9)19(34)18(33)28-20(2,7-15(23)24)14-8-26-30-29-14/h5-6,8-9,11,15H,3-4,7H2,1-2H3,(H,27,32)(H,28,33)(H,26,29,30)/t9-,11-,20?/m0/s1. The predicted octanol–water partition coefficient (Wildman–Crippen LogP) is 2.08. The van der Waals surface area contributed by atoms with Crippen molar-refractivity contribution in [1.29, 1.82) is 0 Å². The van der Waals surface area contributed by atoms with Crippen molar-refractivity contribution < 1.29 is 36.3 Å². The van der Waals surface area contributed by atoms with E-state index in [1.807, 2.05) is 0 Å². The summed E-state index contributed by atoms with van der Waals surface area (Å²) in [7, 11) is 0. The highest BCUT2D eigenvalue weighted by molar-refractivity contribution is 6.35. The Morgan fingerprint density at radius 3 is 2.44 bits per heavy atom. The molecule has 184 valence electrons. The Kier molecular flexibility index (Phi) is 7.17. The summed E-state index contributed by atoms with van der Waals surface area (Å²) in [4.78, 5) is 39.0. The van der Waals surface area contributed by atoms with Gasteiger partial charge in [0.25, 0.3) is 0 Å². The number of nitrogens with zero attached hydrogens (tertiary/aromatic N) is 3. The Hall–Kier alpha value is -3.58. The van der Waals surface area contributed by atoms with Gasteiger partial charge in [-0.05, 0) is 20.3 Å². The lowest BCUT2D eigenvalue weighted by molar-refractivity contribution is -0.148. The summed E-state index contributed by atoms with van der Waals surface area (Å²) in [6.45, 7) is 2.75. The highest BCUT2D eigenvalue weighted by Gasteiger charge is 2.42. The summed E-state index contributed by atoms with van der Waals surface area (Å²) in [5.74, 6) is -8.43. The zero-order chi connectivity index (χ0) is 25.2. The average molecular weight is 488 g/mol. The molecule has 1 aromatic carbocycles. The van der Waals surface area contributed by atoms with E-state index in [9.17, 15) is 36.3 Å². The van der Waals surface area contributed by atoms with Gasteiger partial charge in [0.1, 0.15) is 5.69 Å². The first-order valence-corrected chi connectivity index (χ1v) is 10.2. The molecule has 1 aliphatic heterocycles. The van der Waals surface area contributed by atoms with Gasteiger partial charge in [-0.1, -0.05) is 5.21 Å². The molecule has 0 radical (unpaired) electrons. The highest BCUT2D eigenvalue weighted by Crippen LogP contribution is 2.28. The first-order valence-electron chi connectivity index (χ1n) is 10.2. The maximum absolute atomic E-state index is 13.4. The second kappa shape index (κ2) is 9.73. The number of anilines is 1. The summed E-state index contributed by atoms with van der Waals surface area (Å²) in [6, 6.07) is 0.418. The van der Waals surface area contributed by atoms with Gasteiger partial charge >= 0.3 is 11.8 Å². The van der Waals surface area contributed by atoms with Gasteiger partial charge in [0.15, 0.2) is 17.5 Å². The lowest BCUT2D eigenvalue weighted by atomic mass is 9.94. The highest BCUT2D eigenvalue weighted by atomic mass is 19.3. The Morgan fingerprint density at radius 2 is 1.88 bits per heavy atom. The number of aromatic amines is 1. The van der Waals surface area contributed by atoms with Crippen molar-refractivity contribution in [3.05, 3.63) is 41.5 Å². The number of alkyl halides is 2. The van der Waals surface area contributed by atoms with Crippen LogP contribution in [0.3, 0.4) is 0 Å². The molecule has 0 saturated carbocycles. The number of hydrogen-bond acceptors (Lipinski definition) is 5. The molecule has 0 bridgehead atoms. The van der Waals surface area contributed by atoms with E-state index in [1.165, 1.54) is 20.0 Å². The molecule has 3 amide bonds. The van der Waals surface area contributed by atoms with Crippen molar-refractivity contribution >= 4 is 23.4 Å². The van der Waals surface area contributed by atoms with Crippen molar-refractivity contribution in [3.8, 4) is 0 Å². The Bertz CT molecular complexity index is 1060. The third kappa shape index (κ3) is 5.15. The predicted molar refractivity (Wildman–Crippen MR) is 107 cm³/mol. The van der Waals surface area contributed by atoms with Crippen LogP contribution in [0.4, 0.5) is 27.6 Å². The number of halogens is 5. The van der Waals surface area contributed by atoms with E-state index >= 15 is 0 Å². The van der Waals surface area contributed by atoms with E-state index in [0.717, 1.165) is 4.90 Å². The lowest BCUT2D eigenvalue weighted by Crippen LogP contribution is -2.52. The van der Waals surface area contributed by atoms with E-state index in [-0.39, 0.29) is 24.3 Å². The Labute approximate surface area is 190 Å². The fourth-order valence-electron chi connectivity index (χ4n) is 3.87. The largest absolute Gasteiger partial charge is 0.337 e. The van der Waals surface area contributed by atoms with Crippen LogP contribution in [0.1, 0.15) is 32.4 Å². The van der Waals surface area contributed by atoms with Crippen molar-refractivity contribution in [2.75, 3.05) is 11.9 Å². The van der Waals surface area contributed by atoms with Gasteiger partial charge in [-0.25, -0.2) is 22.0 Å². The first-order chi connectivity index (χ1) is 15.9. The number of carbonyl (C=O) groups is 3. The summed E-state index contributed by atoms with van der Waals surface area (Å²) >= 11 is 0. The van der Waals surface area contributed by atoms with Crippen LogP contribution in [0, 0.1) is 23.4 Å². The molecule has 0 aliphatic carbocycles. The SMILES string of the molecule is C[C@H]1[C@@H](C(=O)Nc2cc(F)c(F)c(F)c2)CCN1C(=O)C(=O)NC(C)(CC(F)F)c1c[nH]nn1. The summed E-state index contributed by atoms with van der Waals surface area (Å²) in [6.07, 6.45) is -2.32. The van der Waals surface area contributed by atoms with E-state index in [1.54, 1.807) is 0 Å². The molecule has 14 heteroatoms. The molecule has 1 unspecified atom stereocenters. The number of H-pyrrole nitrogens is 1. The van der Waals surface area contributed by atoms with Crippen LogP contribution < -0.4 is 10.6 Å². The molecule has 3 rings (SSSR count). The molecule has 0 spiro atoms. The molecule has 1 aliphatic rings. The molecule has 9 nitrogen and oxygen atoms in total. The van der Waals surface area contributed by atoms with Gasteiger partial charge in [0.05, 0.1) is 11.5 Å². The van der Waals surface area contributed by atoms with Crippen molar-refractivity contribution in [2.24, 2.45) is 5.92 Å². The zero-order valence-corrected chi connectivity index (χ0v) is 18.0. The molecule has 2 heterocycles. The van der Waals surface area contributed by atoms with Gasteiger partial charge in [-0.3, -0.25) is 19.5 Å². The minimum absolute atomic E-state index is 0.000521. The monoisotopic (exact) mass is 488 g/mol. The molecule has 3 N–H and O–H groups in total. The van der Waals surface area contributed by atoms with Gasteiger partial charge in [0.2, 0.25) is 12.3 Å². The van der Waals surface area contributed by atoms with Gasteiger partial charge in [0, 0.05) is 43.0 Å². The van der Waals surface area contributed by atoms with Crippen LogP contribution in [-0.2, 0) is 19.9 Å². The first kappa shape index (κ1) is 25.1. The molecule has 3 atom stereocenters. The number of amides is 3. The minimum atomic E-state index is -2.82. The Morgan fingerprint density at radius 1 is 1.24 bits per heavy atom. The molecule has 1 saturated heterocycles. The maximum Gasteiger partial charge on any atom is 0.312 e. The van der Waals surface area contributed by atoms with Gasteiger partial charge < -0.3 is 15.5 Å². The maximum atomic E-state index is 13.4. The fraction of sp³-hybridized carbons (Fsp3) is 0.450. The molecule has 34 heavy (non-hydrogen) atoms. The van der Waals surface area contributed by atoms with Crippen LogP contribution in [0.15, 0.2) is 18.3 Å². The number of carbonyl (C=O) groups excluding carboxylic acids is 3. The minimum Gasteiger partial charge on any atom is -0.337 e. The number of hydrogen-bond donors (Lipinski definition) is 3. The lowest BCUT2D eigenvalue weighted by Gasteiger charge is -2.30. The van der Waals surface area contributed by atoms with E-state index in [2.05, 4.69) is 26.0 Å². The summed E-state index contributed by atoms with van der Waals surface area (Å²) in [5, 5.41) is 14.0. The van der Waals surface area contributed by atoms with Crippen LogP contribution in [0.5, 0.6) is 0 Å². The van der Waals surface area contributed by atoms with E-state index in [4.69, 9.17) is 0 Å². The van der Waals surface area contributed by atoms with Crippen LogP contribution >= 0.6 is 0 Å². The summed E-state index contributed by atoms with van der Waals surface area (Å²) < 4.78 is 66.1. The van der Waals surface area contributed by atoms with Crippen LogP contribution in [0.2, 0.25) is 0 Å². The van der Waals surface area contributed by atoms with Crippen molar-refractivity contribution in [3.63, 3.8) is 0 Å². The topological polar surface area (TPSA) is 120 Å². The molecule has 2 aromatic rings. The van der Waals surface area contributed by atoms with Crippen molar-refractivity contribution in [2.45, 2.75) is 44.7 Å². The number of nitrogens with one attached hydrogen (secondary N) is 3. The molecule has 1 fully saturated rings. The van der Waals surface area contributed by atoms with Crippen molar-refractivity contribution in [1.82, 2.24) is 25.6 Å². The number of likely N-dealkylation sites (tertiary alicyclic amines) is 1. The quantitative estimate of drug-likeness (QED) is 0.327. The number of rotatable bonds is 6. The number of aromatic nitrogens is 3. The van der Waals surface area contributed by atoms with Gasteiger partial charge in [-0.15, -0.1) is 5.10 Å². The molecular formula is C20H21F5N6O3. The average Bonchev–Trinajstić information content (AvgIpc) is 3.41. The summed E-state index contributed by atoms with van der Waals surface area (Å²) in [5.41, 5.74) is -2.00. The van der Waals surface area contributed by atoms with E-state index < -0.39 is 65.5 Å². The zero-order valence-electron chi connectivity index (χ0n) is 18.0. The molecular weight excluding hydrogens is 467 g/mol. The number of benzene rings is 1. The third-order valence-electron chi connectivity index (χ3n) is 5.73. The molecule has 1 aromatic heterocycles. The second-order valence-electron chi connectivity index (χ2n) is 8.12. The third-order valence-corrected chi connectivity index (χ3v) is 5.73. The van der Waals surface area contributed by atoms with E-state index in [0.29, 0.717) is 12.1 Å².